The maximum atomic E-state index is 12.2. The van der Waals surface area contributed by atoms with E-state index in [2.05, 4.69) is 11.9 Å². The minimum absolute atomic E-state index is 0.169. The molecule has 0 aliphatic rings. The van der Waals surface area contributed by atoms with E-state index in [4.69, 9.17) is 4.74 Å². The Kier molecular flexibility index (Phi) is 5.36. The molecule has 0 N–H and O–H groups in total. The average molecular weight is 322 g/mol. The molecule has 8 nitrogen and oxygen atoms in total. The Morgan fingerprint density at radius 2 is 1.96 bits per heavy atom. The van der Waals surface area contributed by atoms with E-state index in [-0.39, 0.29) is 12.6 Å². The van der Waals surface area contributed by atoms with Gasteiger partial charge in [0, 0.05) is 20.5 Å². The van der Waals surface area contributed by atoms with Crippen LogP contribution in [-0.4, -0.2) is 31.3 Å². The Labute approximate surface area is 133 Å². The van der Waals surface area contributed by atoms with Crippen molar-refractivity contribution in [3.63, 3.8) is 0 Å². The van der Waals surface area contributed by atoms with Gasteiger partial charge in [-0.3, -0.25) is 18.7 Å². The number of carbonyl (C=O) groups is 1. The van der Waals surface area contributed by atoms with Gasteiger partial charge in [0.05, 0.1) is 12.9 Å². The molecule has 0 spiro atoms. The molecule has 0 unspecified atom stereocenters. The predicted molar refractivity (Wildman–Crippen MR) is 85.3 cm³/mol. The molecule has 2 aromatic rings. The summed E-state index contributed by atoms with van der Waals surface area (Å²) >= 11 is 0. The standard InChI is InChI=1S/C15H22N4O4/c1-4-5-6-7-11(20)23-9-8-19-10-16-13-12(19)14(21)18(3)15(22)17(13)2/h10H,4-9H2,1-3H3. The molecule has 2 heterocycles. The molecule has 0 saturated heterocycles. The molecule has 126 valence electrons. The number of rotatable bonds is 7. The first-order chi connectivity index (χ1) is 11.0. The van der Waals surface area contributed by atoms with Crippen LogP contribution in [0.1, 0.15) is 32.6 Å². The zero-order chi connectivity index (χ0) is 17.0. The second-order valence-corrected chi connectivity index (χ2v) is 5.49. The molecule has 2 aromatic heterocycles. The van der Waals surface area contributed by atoms with E-state index in [1.165, 1.54) is 17.9 Å². The molecule has 0 aliphatic carbocycles. The molecule has 0 aliphatic heterocycles. The van der Waals surface area contributed by atoms with Crippen LogP contribution >= 0.6 is 0 Å². The fourth-order valence-electron chi connectivity index (χ4n) is 2.42. The van der Waals surface area contributed by atoms with E-state index in [0.29, 0.717) is 24.1 Å². The zero-order valence-electron chi connectivity index (χ0n) is 13.7. The Morgan fingerprint density at radius 1 is 1.22 bits per heavy atom. The van der Waals surface area contributed by atoms with Gasteiger partial charge in [-0.15, -0.1) is 0 Å². The lowest BCUT2D eigenvalue weighted by Gasteiger charge is -2.07. The quantitative estimate of drug-likeness (QED) is 0.549. The van der Waals surface area contributed by atoms with Crippen LogP contribution in [0.5, 0.6) is 0 Å². The predicted octanol–water partition coefficient (Wildman–Crippen LogP) is 0.557. The fraction of sp³-hybridized carbons (Fsp3) is 0.600. The summed E-state index contributed by atoms with van der Waals surface area (Å²) < 4.78 is 9.14. The number of fused-ring (bicyclic) bond motifs is 1. The van der Waals surface area contributed by atoms with Crippen molar-refractivity contribution in [2.24, 2.45) is 14.1 Å². The maximum Gasteiger partial charge on any atom is 0.332 e. The topological polar surface area (TPSA) is 88.1 Å². The van der Waals surface area contributed by atoms with Crippen molar-refractivity contribution >= 4 is 17.1 Å². The highest BCUT2D eigenvalue weighted by Crippen LogP contribution is 2.06. The van der Waals surface area contributed by atoms with Crippen molar-refractivity contribution in [3.05, 3.63) is 27.2 Å². The Bertz CT molecular complexity index is 815. The van der Waals surface area contributed by atoms with E-state index < -0.39 is 11.2 Å². The molecule has 0 amide bonds. The molecular weight excluding hydrogens is 300 g/mol. The van der Waals surface area contributed by atoms with Crippen LogP contribution in [0.3, 0.4) is 0 Å². The van der Waals surface area contributed by atoms with Crippen LogP contribution in [0.4, 0.5) is 0 Å². The van der Waals surface area contributed by atoms with E-state index in [1.54, 1.807) is 11.6 Å². The maximum absolute atomic E-state index is 12.2. The van der Waals surface area contributed by atoms with E-state index in [1.807, 2.05) is 0 Å². The highest BCUT2D eigenvalue weighted by atomic mass is 16.5. The summed E-state index contributed by atoms with van der Waals surface area (Å²) in [7, 11) is 2.99. The summed E-state index contributed by atoms with van der Waals surface area (Å²) in [6.07, 6.45) is 4.78. The summed E-state index contributed by atoms with van der Waals surface area (Å²) in [5.74, 6) is -0.233. The molecule has 0 radical (unpaired) electrons. The summed E-state index contributed by atoms with van der Waals surface area (Å²) in [5, 5.41) is 0. The highest BCUT2D eigenvalue weighted by molar-refractivity contribution is 5.70. The van der Waals surface area contributed by atoms with E-state index in [0.717, 1.165) is 23.8 Å². The van der Waals surface area contributed by atoms with Crippen molar-refractivity contribution in [2.45, 2.75) is 39.2 Å². The van der Waals surface area contributed by atoms with Gasteiger partial charge in [0.2, 0.25) is 0 Å². The number of aromatic nitrogens is 4. The van der Waals surface area contributed by atoms with Crippen LogP contribution in [0, 0.1) is 0 Å². The largest absolute Gasteiger partial charge is 0.464 e. The van der Waals surface area contributed by atoms with Gasteiger partial charge in [-0.2, -0.15) is 0 Å². The second kappa shape index (κ2) is 7.26. The summed E-state index contributed by atoms with van der Waals surface area (Å²) in [5.41, 5.74) is -0.172. The number of aryl methyl sites for hydroxylation is 1. The van der Waals surface area contributed by atoms with Gasteiger partial charge in [0.25, 0.3) is 5.56 Å². The monoisotopic (exact) mass is 322 g/mol. The minimum Gasteiger partial charge on any atom is -0.464 e. The minimum atomic E-state index is -0.421. The third-order valence-electron chi connectivity index (χ3n) is 3.80. The summed E-state index contributed by atoms with van der Waals surface area (Å²) in [6.45, 7) is 2.56. The molecule has 2 rings (SSSR count). The average Bonchev–Trinajstić information content (AvgIpc) is 2.95. The second-order valence-electron chi connectivity index (χ2n) is 5.49. The number of hydrogen-bond donors (Lipinski definition) is 0. The lowest BCUT2D eigenvalue weighted by Crippen LogP contribution is -2.37. The molecular formula is C15H22N4O4. The van der Waals surface area contributed by atoms with Gasteiger partial charge in [0.1, 0.15) is 6.61 Å². The lowest BCUT2D eigenvalue weighted by molar-refractivity contribution is -0.144. The zero-order valence-corrected chi connectivity index (χ0v) is 13.7. The van der Waals surface area contributed by atoms with Gasteiger partial charge in [0.15, 0.2) is 11.2 Å². The third-order valence-corrected chi connectivity index (χ3v) is 3.80. The summed E-state index contributed by atoms with van der Waals surface area (Å²) in [4.78, 5) is 39.8. The fourth-order valence-corrected chi connectivity index (χ4v) is 2.42. The number of nitrogens with zero attached hydrogens (tertiary/aromatic N) is 4. The SMILES string of the molecule is CCCCCC(=O)OCCn1cnc2c1c(=O)n(C)c(=O)n2C. The molecule has 0 atom stereocenters. The van der Waals surface area contributed by atoms with Crippen LogP contribution in [0.2, 0.25) is 0 Å². The number of imidazole rings is 1. The van der Waals surface area contributed by atoms with Gasteiger partial charge in [-0.25, -0.2) is 9.78 Å². The van der Waals surface area contributed by atoms with Crippen molar-refractivity contribution in [1.82, 2.24) is 18.7 Å². The van der Waals surface area contributed by atoms with Gasteiger partial charge < -0.3 is 9.30 Å². The van der Waals surface area contributed by atoms with Crippen LogP contribution < -0.4 is 11.2 Å². The van der Waals surface area contributed by atoms with Gasteiger partial charge in [-0.1, -0.05) is 19.8 Å². The first-order valence-corrected chi connectivity index (χ1v) is 7.73. The van der Waals surface area contributed by atoms with Crippen LogP contribution in [0.15, 0.2) is 15.9 Å². The molecule has 23 heavy (non-hydrogen) atoms. The number of hydrogen-bond acceptors (Lipinski definition) is 5. The van der Waals surface area contributed by atoms with Crippen molar-refractivity contribution in [2.75, 3.05) is 6.61 Å². The van der Waals surface area contributed by atoms with Crippen LogP contribution in [0.25, 0.3) is 11.2 Å². The number of ether oxygens (including phenoxy) is 1. The van der Waals surface area contributed by atoms with Crippen molar-refractivity contribution in [1.29, 1.82) is 0 Å². The van der Waals surface area contributed by atoms with Gasteiger partial charge >= 0.3 is 11.7 Å². The Morgan fingerprint density at radius 3 is 2.65 bits per heavy atom. The Balaban J connectivity index is 2.09. The summed E-state index contributed by atoms with van der Waals surface area (Å²) in [6, 6.07) is 0. The molecule has 0 aromatic carbocycles. The number of unbranched alkanes of at least 4 members (excludes halogenated alkanes) is 2. The van der Waals surface area contributed by atoms with Crippen molar-refractivity contribution < 1.29 is 9.53 Å². The van der Waals surface area contributed by atoms with E-state index in [9.17, 15) is 14.4 Å². The lowest BCUT2D eigenvalue weighted by atomic mass is 10.2. The molecule has 0 fully saturated rings. The smallest absolute Gasteiger partial charge is 0.332 e. The van der Waals surface area contributed by atoms with E-state index >= 15 is 0 Å². The molecule has 0 bridgehead atoms. The third kappa shape index (κ3) is 3.52. The normalized spacial score (nSPS) is 11.1. The first kappa shape index (κ1) is 17.0. The first-order valence-electron chi connectivity index (χ1n) is 7.73. The Hall–Kier alpha value is -2.38. The molecule has 0 saturated carbocycles. The number of esters is 1. The van der Waals surface area contributed by atoms with Gasteiger partial charge in [-0.05, 0) is 6.42 Å². The highest BCUT2D eigenvalue weighted by Gasteiger charge is 2.14. The van der Waals surface area contributed by atoms with Crippen molar-refractivity contribution in [3.8, 4) is 0 Å². The number of carbonyl (C=O) groups excluding carboxylic acids is 1. The molecule has 8 heteroatoms. The van der Waals surface area contributed by atoms with Crippen LogP contribution in [-0.2, 0) is 30.2 Å².